The molecule has 0 aliphatic carbocycles. The Balaban J connectivity index is 3.62. The first-order valence-corrected chi connectivity index (χ1v) is 2.99. The third kappa shape index (κ3) is 4.15. The van der Waals surface area contributed by atoms with Crippen LogP contribution in [0.4, 0.5) is 0 Å². The predicted octanol–water partition coefficient (Wildman–Crippen LogP) is -1.13. The second-order valence-electron chi connectivity index (χ2n) is 2.03. The number of hydrogen-bond donors (Lipinski definition) is 2. The molecular weight excluding hydrogens is 150 g/mol. The molecule has 0 saturated heterocycles. The van der Waals surface area contributed by atoms with Gasteiger partial charge in [0.15, 0.2) is 0 Å². The molecule has 0 bridgehead atoms. The van der Waals surface area contributed by atoms with Crippen LogP contribution >= 0.6 is 0 Å². The van der Waals surface area contributed by atoms with Crippen LogP contribution in [0.5, 0.6) is 0 Å². The molecule has 1 unspecified atom stereocenters. The maximum Gasteiger partial charge on any atom is 0.286 e. The molecule has 6 nitrogen and oxygen atoms in total. The van der Waals surface area contributed by atoms with Gasteiger partial charge >= 0.3 is 0 Å². The number of amides is 2. The summed E-state index contributed by atoms with van der Waals surface area (Å²) in [6, 6.07) is -0.874. The van der Waals surface area contributed by atoms with Gasteiger partial charge in [0.1, 0.15) is 0 Å². The molecule has 0 radical (unpaired) electrons. The van der Waals surface area contributed by atoms with Gasteiger partial charge in [-0.3, -0.25) is 9.59 Å². The van der Waals surface area contributed by atoms with Crippen LogP contribution in [0.25, 0.3) is 0 Å². The number of hydrogen-bond acceptors (Lipinski definition) is 4. The van der Waals surface area contributed by atoms with Crippen LogP contribution in [-0.4, -0.2) is 17.9 Å². The predicted molar refractivity (Wildman–Crippen MR) is 37.2 cm³/mol. The molecular formula is C5H9N3O3. The Bertz CT molecular complexity index is 180. The van der Waals surface area contributed by atoms with Gasteiger partial charge in [-0.25, -0.2) is 0 Å². The minimum atomic E-state index is -0.874. The van der Waals surface area contributed by atoms with E-state index in [9.17, 15) is 14.5 Å². The Hall–Kier alpha value is -1.30. The van der Waals surface area contributed by atoms with E-state index in [4.69, 9.17) is 11.5 Å². The number of nitrogens with two attached hydrogens (primary N) is 2. The van der Waals surface area contributed by atoms with Gasteiger partial charge in [0.25, 0.3) is 5.91 Å². The molecule has 0 aliphatic rings. The summed E-state index contributed by atoms with van der Waals surface area (Å²) in [7, 11) is 0. The molecule has 11 heavy (non-hydrogen) atoms. The molecule has 0 aliphatic heterocycles. The molecule has 0 saturated carbocycles. The van der Waals surface area contributed by atoms with Crippen LogP contribution in [0, 0.1) is 4.91 Å². The summed E-state index contributed by atoms with van der Waals surface area (Å²) in [5.41, 5.74) is 9.93. The Morgan fingerprint density at radius 2 is 2.00 bits per heavy atom. The molecule has 0 aromatic carbocycles. The maximum atomic E-state index is 10.3. The third-order valence-corrected chi connectivity index (χ3v) is 1.14. The van der Waals surface area contributed by atoms with Crippen LogP contribution in [0.3, 0.4) is 0 Å². The molecule has 62 valence electrons. The Kier molecular flexibility index (Phi) is 3.97. The average Bonchev–Trinajstić information content (AvgIpc) is 1.99. The molecule has 2 amide bonds. The van der Waals surface area contributed by atoms with Gasteiger partial charge in [0, 0.05) is 11.6 Å². The summed E-state index contributed by atoms with van der Waals surface area (Å²) in [4.78, 5) is 30.1. The van der Waals surface area contributed by atoms with Crippen molar-refractivity contribution in [3.63, 3.8) is 0 Å². The van der Waals surface area contributed by atoms with Crippen molar-refractivity contribution in [2.75, 3.05) is 0 Å². The van der Waals surface area contributed by atoms with E-state index in [0.717, 1.165) is 0 Å². The van der Waals surface area contributed by atoms with E-state index in [1.807, 2.05) is 0 Å². The summed E-state index contributed by atoms with van der Waals surface area (Å²) < 4.78 is 0. The fraction of sp³-hybridized carbons (Fsp3) is 0.600. The van der Waals surface area contributed by atoms with Crippen molar-refractivity contribution < 1.29 is 9.59 Å². The van der Waals surface area contributed by atoms with Gasteiger partial charge < -0.3 is 11.5 Å². The summed E-state index contributed by atoms with van der Waals surface area (Å²) >= 11 is 0. The van der Waals surface area contributed by atoms with Crippen molar-refractivity contribution in [1.82, 2.24) is 0 Å². The molecule has 0 spiro atoms. The first kappa shape index (κ1) is 9.70. The zero-order valence-electron chi connectivity index (χ0n) is 5.82. The minimum absolute atomic E-state index is 0.0694. The second kappa shape index (κ2) is 4.51. The number of nitroso groups, excluding NO2 is 1. The molecule has 6 heteroatoms. The Morgan fingerprint density at radius 3 is 2.36 bits per heavy atom. The van der Waals surface area contributed by atoms with Gasteiger partial charge in [0.2, 0.25) is 5.91 Å². The molecule has 4 N–H and O–H groups in total. The van der Waals surface area contributed by atoms with E-state index < -0.39 is 17.9 Å². The van der Waals surface area contributed by atoms with Crippen molar-refractivity contribution in [3.8, 4) is 0 Å². The van der Waals surface area contributed by atoms with Crippen LogP contribution in [0.1, 0.15) is 12.8 Å². The SMILES string of the molecule is NC(=O)C(N)CCC(=O)N=O. The van der Waals surface area contributed by atoms with E-state index >= 15 is 0 Å². The summed E-state index contributed by atoms with van der Waals surface area (Å²) in [5, 5.41) is 2.12. The van der Waals surface area contributed by atoms with E-state index in [2.05, 4.69) is 5.18 Å². The molecule has 0 fully saturated rings. The fourth-order valence-corrected chi connectivity index (χ4v) is 0.467. The maximum absolute atomic E-state index is 10.3. The first-order chi connectivity index (χ1) is 5.07. The lowest BCUT2D eigenvalue weighted by atomic mass is 10.1. The normalized spacial score (nSPS) is 12.1. The van der Waals surface area contributed by atoms with E-state index in [0.29, 0.717) is 0 Å². The lowest BCUT2D eigenvalue weighted by molar-refractivity contribution is -0.120. The molecule has 0 aromatic rings. The zero-order chi connectivity index (χ0) is 8.85. The average molecular weight is 159 g/mol. The van der Waals surface area contributed by atoms with Crippen molar-refractivity contribution in [2.24, 2.45) is 16.6 Å². The van der Waals surface area contributed by atoms with Gasteiger partial charge in [-0.1, -0.05) is 0 Å². The van der Waals surface area contributed by atoms with Crippen molar-refractivity contribution >= 4 is 11.8 Å². The van der Waals surface area contributed by atoms with Crippen LogP contribution in [0.2, 0.25) is 0 Å². The minimum Gasteiger partial charge on any atom is -0.368 e. The van der Waals surface area contributed by atoms with E-state index in [1.165, 1.54) is 0 Å². The topological polar surface area (TPSA) is 116 Å². The van der Waals surface area contributed by atoms with Crippen LogP contribution in [-0.2, 0) is 9.59 Å². The monoisotopic (exact) mass is 159 g/mol. The fourth-order valence-electron chi connectivity index (χ4n) is 0.467. The quantitative estimate of drug-likeness (QED) is 0.505. The lowest BCUT2D eigenvalue weighted by Crippen LogP contribution is -2.36. The molecule has 0 heterocycles. The Labute approximate surface area is 62.9 Å². The van der Waals surface area contributed by atoms with Gasteiger partial charge in [-0.2, -0.15) is 0 Å². The van der Waals surface area contributed by atoms with E-state index in [1.54, 1.807) is 0 Å². The standard InChI is InChI=1S/C5H9N3O3/c6-3(5(7)10)1-2-4(9)8-11/h3H,1-2,6H2,(H2,7,10). The number of rotatable bonds is 4. The number of carbonyl (C=O) groups excluding carboxylic acids is 2. The van der Waals surface area contributed by atoms with Crippen molar-refractivity contribution in [2.45, 2.75) is 18.9 Å². The van der Waals surface area contributed by atoms with Gasteiger partial charge in [-0.05, 0) is 6.42 Å². The molecule has 1 atom stereocenters. The summed E-state index contributed by atoms with van der Waals surface area (Å²) in [6.45, 7) is 0. The highest BCUT2D eigenvalue weighted by atomic mass is 16.3. The van der Waals surface area contributed by atoms with E-state index in [-0.39, 0.29) is 12.8 Å². The molecule has 0 aromatic heterocycles. The highest BCUT2D eigenvalue weighted by molar-refractivity contribution is 5.81. The van der Waals surface area contributed by atoms with Crippen LogP contribution < -0.4 is 11.5 Å². The first-order valence-electron chi connectivity index (χ1n) is 2.99. The lowest BCUT2D eigenvalue weighted by Gasteiger charge is -2.02. The Morgan fingerprint density at radius 1 is 1.45 bits per heavy atom. The van der Waals surface area contributed by atoms with Gasteiger partial charge in [0.05, 0.1) is 6.04 Å². The van der Waals surface area contributed by atoms with Crippen molar-refractivity contribution in [3.05, 3.63) is 4.91 Å². The van der Waals surface area contributed by atoms with Crippen LogP contribution in [0.15, 0.2) is 5.18 Å². The summed E-state index contributed by atoms with van der Waals surface area (Å²) in [6.07, 6.45) is -0.0620. The third-order valence-electron chi connectivity index (χ3n) is 1.14. The van der Waals surface area contributed by atoms with Gasteiger partial charge in [-0.15, -0.1) is 4.91 Å². The number of primary amides is 1. The summed E-state index contributed by atoms with van der Waals surface area (Å²) in [5.74, 6) is -1.51. The zero-order valence-corrected chi connectivity index (χ0v) is 5.82. The smallest absolute Gasteiger partial charge is 0.286 e. The van der Waals surface area contributed by atoms with Crippen molar-refractivity contribution in [1.29, 1.82) is 0 Å². The highest BCUT2D eigenvalue weighted by Gasteiger charge is 2.11. The highest BCUT2D eigenvalue weighted by Crippen LogP contribution is 1.95. The molecule has 0 rings (SSSR count). The second-order valence-corrected chi connectivity index (χ2v) is 2.03. The largest absolute Gasteiger partial charge is 0.368 e. The number of carbonyl (C=O) groups is 2. The number of nitrogens with zero attached hydrogens (tertiary/aromatic N) is 1.